The van der Waals surface area contributed by atoms with E-state index in [4.69, 9.17) is 4.74 Å². The van der Waals surface area contributed by atoms with E-state index in [1.807, 2.05) is 31.9 Å². The van der Waals surface area contributed by atoms with Crippen molar-refractivity contribution in [3.05, 3.63) is 0 Å². The number of carbonyl (C=O) groups excluding carboxylic acids is 1. The Morgan fingerprint density at radius 2 is 2.24 bits per heavy atom. The number of carbonyl (C=O) groups is 1. The highest BCUT2D eigenvalue weighted by atomic mass is 32.2. The van der Waals surface area contributed by atoms with Crippen LogP contribution in [0.3, 0.4) is 0 Å². The standard InChI is InChI=1S/C12H24N2O2S/c1-12(2,3)16-11(15)14-7-5-6-10(9-14)8-13-17-4/h10,13H,5-9H2,1-4H3. The first-order chi connectivity index (χ1) is 7.92. The van der Waals surface area contributed by atoms with E-state index in [1.165, 1.54) is 6.42 Å². The zero-order chi connectivity index (χ0) is 12.9. The molecule has 1 N–H and O–H groups in total. The summed E-state index contributed by atoms with van der Waals surface area (Å²) >= 11 is 1.63. The maximum atomic E-state index is 11.9. The average Bonchev–Trinajstić information content (AvgIpc) is 2.24. The fourth-order valence-corrected chi connectivity index (χ4v) is 2.33. The second-order valence-corrected chi connectivity index (χ2v) is 6.18. The third-order valence-corrected chi connectivity index (χ3v) is 3.14. The van der Waals surface area contributed by atoms with Crippen molar-refractivity contribution in [1.82, 2.24) is 9.62 Å². The number of ether oxygens (including phenoxy) is 1. The third kappa shape index (κ3) is 5.64. The van der Waals surface area contributed by atoms with Gasteiger partial charge in [-0.2, -0.15) is 0 Å². The molecule has 4 nitrogen and oxygen atoms in total. The van der Waals surface area contributed by atoms with Crippen molar-refractivity contribution in [3.8, 4) is 0 Å². The molecule has 1 unspecified atom stereocenters. The molecule has 0 aliphatic carbocycles. The highest BCUT2D eigenvalue weighted by Gasteiger charge is 2.27. The highest BCUT2D eigenvalue weighted by molar-refractivity contribution is 7.96. The van der Waals surface area contributed by atoms with E-state index in [0.29, 0.717) is 5.92 Å². The minimum Gasteiger partial charge on any atom is -0.444 e. The van der Waals surface area contributed by atoms with Gasteiger partial charge in [0.1, 0.15) is 5.60 Å². The minimum atomic E-state index is -0.401. The van der Waals surface area contributed by atoms with Gasteiger partial charge in [-0.3, -0.25) is 4.72 Å². The van der Waals surface area contributed by atoms with Crippen LogP contribution in [0.4, 0.5) is 4.79 Å². The molecule has 1 atom stereocenters. The highest BCUT2D eigenvalue weighted by Crippen LogP contribution is 2.19. The Morgan fingerprint density at radius 1 is 1.53 bits per heavy atom. The maximum Gasteiger partial charge on any atom is 0.410 e. The molecular formula is C12H24N2O2S. The summed E-state index contributed by atoms with van der Waals surface area (Å²) in [6.45, 7) is 8.30. The monoisotopic (exact) mass is 260 g/mol. The second-order valence-electron chi connectivity index (χ2n) is 5.49. The van der Waals surface area contributed by atoms with Crippen LogP contribution in [0.15, 0.2) is 0 Å². The predicted octanol–water partition coefficient (Wildman–Crippen LogP) is 2.50. The summed E-state index contributed by atoms with van der Waals surface area (Å²) in [5.41, 5.74) is -0.401. The van der Waals surface area contributed by atoms with Gasteiger partial charge in [0.2, 0.25) is 0 Å². The van der Waals surface area contributed by atoms with E-state index in [1.54, 1.807) is 11.9 Å². The van der Waals surface area contributed by atoms with Crippen molar-refractivity contribution in [2.75, 3.05) is 25.9 Å². The fraction of sp³-hybridized carbons (Fsp3) is 0.917. The van der Waals surface area contributed by atoms with Gasteiger partial charge in [-0.1, -0.05) is 11.9 Å². The number of likely N-dealkylation sites (tertiary alicyclic amines) is 1. The Labute approximate surface area is 109 Å². The molecule has 1 fully saturated rings. The van der Waals surface area contributed by atoms with Crippen LogP contribution in [0.1, 0.15) is 33.6 Å². The summed E-state index contributed by atoms with van der Waals surface area (Å²) in [6, 6.07) is 0. The molecule has 17 heavy (non-hydrogen) atoms. The van der Waals surface area contributed by atoms with Gasteiger partial charge in [0.25, 0.3) is 0 Å². The van der Waals surface area contributed by atoms with Gasteiger partial charge in [0.15, 0.2) is 0 Å². The van der Waals surface area contributed by atoms with Crippen molar-refractivity contribution < 1.29 is 9.53 Å². The Morgan fingerprint density at radius 3 is 2.82 bits per heavy atom. The van der Waals surface area contributed by atoms with Gasteiger partial charge in [-0.05, 0) is 45.8 Å². The molecular weight excluding hydrogens is 236 g/mol. The SMILES string of the molecule is CSNCC1CCCN(C(=O)OC(C)(C)C)C1. The van der Waals surface area contributed by atoms with Crippen LogP contribution in [0.25, 0.3) is 0 Å². The molecule has 0 spiro atoms. The molecule has 0 saturated carbocycles. The molecule has 0 bridgehead atoms. The number of amides is 1. The zero-order valence-electron chi connectivity index (χ0n) is 11.3. The lowest BCUT2D eigenvalue weighted by Gasteiger charge is -2.34. The van der Waals surface area contributed by atoms with Crippen LogP contribution in [-0.4, -0.2) is 42.5 Å². The number of nitrogens with zero attached hydrogens (tertiary/aromatic N) is 1. The van der Waals surface area contributed by atoms with E-state index in [0.717, 1.165) is 26.1 Å². The van der Waals surface area contributed by atoms with E-state index in [-0.39, 0.29) is 6.09 Å². The second kappa shape index (κ2) is 6.50. The summed E-state index contributed by atoms with van der Waals surface area (Å²) in [5.74, 6) is 0.545. The third-order valence-electron chi connectivity index (χ3n) is 2.69. The van der Waals surface area contributed by atoms with Crippen molar-refractivity contribution in [2.45, 2.75) is 39.2 Å². The Hall–Kier alpha value is -0.420. The lowest BCUT2D eigenvalue weighted by Crippen LogP contribution is -2.44. The van der Waals surface area contributed by atoms with Crippen LogP contribution in [0.2, 0.25) is 0 Å². The largest absolute Gasteiger partial charge is 0.444 e. The molecule has 1 aliphatic rings. The molecule has 0 aromatic carbocycles. The van der Waals surface area contributed by atoms with Gasteiger partial charge < -0.3 is 9.64 Å². The summed E-state index contributed by atoms with van der Waals surface area (Å²) in [4.78, 5) is 13.7. The van der Waals surface area contributed by atoms with Gasteiger partial charge in [-0.25, -0.2) is 4.79 Å². The molecule has 100 valence electrons. The van der Waals surface area contributed by atoms with Crippen molar-refractivity contribution >= 4 is 18.0 Å². The first-order valence-corrected chi connectivity index (χ1v) is 7.38. The lowest BCUT2D eigenvalue weighted by molar-refractivity contribution is 0.0169. The first-order valence-electron chi connectivity index (χ1n) is 6.16. The van der Waals surface area contributed by atoms with Crippen molar-refractivity contribution in [2.24, 2.45) is 5.92 Å². The van der Waals surface area contributed by atoms with Crippen molar-refractivity contribution in [1.29, 1.82) is 0 Å². The number of hydrogen-bond donors (Lipinski definition) is 1. The summed E-state index contributed by atoms with van der Waals surface area (Å²) in [6.07, 6.45) is 4.10. The van der Waals surface area contributed by atoms with E-state index in [2.05, 4.69) is 4.72 Å². The topological polar surface area (TPSA) is 41.6 Å². The molecule has 1 rings (SSSR count). The zero-order valence-corrected chi connectivity index (χ0v) is 12.1. The summed E-state index contributed by atoms with van der Waals surface area (Å²) in [5, 5.41) is 0. The molecule has 5 heteroatoms. The first kappa shape index (κ1) is 14.6. The maximum absolute atomic E-state index is 11.9. The van der Waals surface area contributed by atoms with Crippen LogP contribution in [0.5, 0.6) is 0 Å². The van der Waals surface area contributed by atoms with Crippen LogP contribution < -0.4 is 4.72 Å². The lowest BCUT2D eigenvalue weighted by atomic mass is 9.99. The Kier molecular flexibility index (Phi) is 5.59. The van der Waals surface area contributed by atoms with Crippen LogP contribution >= 0.6 is 11.9 Å². The van der Waals surface area contributed by atoms with Crippen LogP contribution in [0, 0.1) is 5.92 Å². The summed E-state index contributed by atoms with van der Waals surface area (Å²) < 4.78 is 8.65. The average molecular weight is 260 g/mol. The number of nitrogens with one attached hydrogen (secondary N) is 1. The van der Waals surface area contributed by atoms with E-state index in [9.17, 15) is 4.79 Å². The van der Waals surface area contributed by atoms with Crippen molar-refractivity contribution in [3.63, 3.8) is 0 Å². The molecule has 0 aromatic heterocycles. The normalized spacial score (nSPS) is 21.4. The minimum absolute atomic E-state index is 0.175. The van der Waals surface area contributed by atoms with Gasteiger partial charge >= 0.3 is 6.09 Å². The number of hydrogen-bond acceptors (Lipinski definition) is 4. The van der Waals surface area contributed by atoms with Crippen LogP contribution in [-0.2, 0) is 4.74 Å². The summed E-state index contributed by atoms with van der Waals surface area (Å²) in [7, 11) is 0. The Bertz CT molecular complexity index is 253. The predicted molar refractivity (Wildman–Crippen MR) is 72.0 cm³/mol. The van der Waals surface area contributed by atoms with Gasteiger partial charge in [0, 0.05) is 19.6 Å². The molecule has 1 heterocycles. The molecule has 0 radical (unpaired) electrons. The number of piperidine rings is 1. The molecule has 1 amide bonds. The molecule has 1 saturated heterocycles. The van der Waals surface area contributed by atoms with Gasteiger partial charge in [0.05, 0.1) is 0 Å². The quantitative estimate of drug-likeness (QED) is 0.792. The Balaban J connectivity index is 2.40. The number of rotatable bonds is 3. The van der Waals surface area contributed by atoms with E-state index >= 15 is 0 Å². The van der Waals surface area contributed by atoms with Gasteiger partial charge in [-0.15, -0.1) is 0 Å². The molecule has 0 aromatic rings. The smallest absolute Gasteiger partial charge is 0.410 e. The molecule has 1 aliphatic heterocycles. The van der Waals surface area contributed by atoms with E-state index < -0.39 is 5.60 Å². The fourth-order valence-electron chi connectivity index (χ4n) is 1.93.